The fourth-order valence-electron chi connectivity index (χ4n) is 2.54. The Morgan fingerprint density at radius 1 is 1.63 bits per heavy atom. The first-order valence-electron chi connectivity index (χ1n) is 6.61. The summed E-state index contributed by atoms with van der Waals surface area (Å²) < 4.78 is 0. The second-order valence-electron chi connectivity index (χ2n) is 4.97. The molecule has 2 atom stereocenters. The Balaban J connectivity index is 2.09. The molecular weight excluding hydrogens is 260 g/mol. The van der Waals surface area contributed by atoms with Crippen molar-refractivity contribution >= 4 is 17.7 Å². The Labute approximate surface area is 118 Å². The van der Waals surface area contributed by atoms with Gasteiger partial charge in [0.1, 0.15) is 0 Å². The number of aliphatic hydroxyl groups excluding tert-OH is 1. The van der Waals surface area contributed by atoms with Crippen LogP contribution in [0.5, 0.6) is 0 Å². The van der Waals surface area contributed by atoms with Crippen molar-refractivity contribution < 1.29 is 9.90 Å². The monoisotopic (exact) mass is 280 g/mol. The molecule has 5 heteroatoms. The van der Waals surface area contributed by atoms with Gasteiger partial charge in [-0.1, -0.05) is 0 Å². The zero-order valence-corrected chi connectivity index (χ0v) is 12.2. The van der Waals surface area contributed by atoms with Gasteiger partial charge in [-0.2, -0.15) is 0 Å². The van der Waals surface area contributed by atoms with Gasteiger partial charge in [-0.3, -0.25) is 4.79 Å². The van der Waals surface area contributed by atoms with E-state index < -0.39 is 0 Å². The van der Waals surface area contributed by atoms with Crippen LogP contribution >= 0.6 is 11.8 Å². The summed E-state index contributed by atoms with van der Waals surface area (Å²) in [7, 11) is 0. The van der Waals surface area contributed by atoms with E-state index in [-0.39, 0.29) is 18.1 Å². The minimum Gasteiger partial charge on any atom is -0.393 e. The standard InChI is InChI=1S/C14H20N2O2S/c1-10(17)8-12-4-3-7-16(12)14(18)11-5-6-13(19-2)15-9-11/h5-6,9-10,12,17H,3-4,7-8H2,1-2H3. The highest BCUT2D eigenvalue weighted by molar-refractivity contribution is 7.98. The van der Waals surface area contributed by atoms with E-state index in [4.69, 9.17) is 0 Å². The Kier molecular flexibility index (Phi) is 4.82. The zero-order chi connectivity index (χ0) is 13.8. The van der Waals surface area contributed by atoms with Crippen LogP contribution in [0, 0.1) is 0 Å². The molecule has 0 spiro atoms. The third-order valence-electron chi connectivity index (χ3n) is 3.44. The van der Waals surface area contributed by atoms with Crippen molar-refractivity contribution in [1.82, 2.24) is 9.88 Å². The molecule has 4 nitrogen and oxygen atoms in total. The number of carbonyl (C=O) groups excluding carboxylic acids is 1. The summed E-state index contributed by atoms with van der Waals surface area (Å²) in [6, 6.07) is 3.86. The van der Waals surface area contributed by atoms with E-state index in [1.165, 1.54) is 0 Å². The lowest BCUT2D eigenvalue weighted by Crippen LogP contribution is -2.37. The smallest absolute Gasteiger partial charge is 0.255 e. The Hall–Kier alpha value is -1.07. The molecule has 1 aromatic rings. The third kappa shape index (κ3) is 3.48. The molecule has 1 fully saturated rings. The van der Waals surface area contributed by atoms with Crippen molar-refractivity contribution in [1.29, 1.82) is 0 Å². The molecule has 1 aliphatic heterocycles. The number of pyridine rings is 1. The van der Waals surface area contributed by atoms with Crippen molar-refractivity contribution in [3.05, 3.63) is 23.9 Å². The van der Waals surface area contributed by atoms with Crippen LogP contribution in [0.3, 0.4) is 0 Å². The van der Waals surface area contributed by atoms with Crippen molar-refractivity contribution in [2.45, 2.75) is 43.4 Å². The number of aliphatic hydroxyl groups is 1. The molecular formula is C14H20N2O2S. The number of likely N-dealkylation sites (tertiary alicyclic amines) is 1. The van der Waals surface area contributed by atoms with Crippen molar-refractivity contribution in [3.63, 3.8) is 0 Å². The fourth-order valence-corrected chi connectivity index (χ4v) is 2.90. The van der Waals surface area contributed by atoms with Gasteiger partial charge in [0.25, 0.3) is 5.91 Å². The SMILES string of the molecule is CSc1ccc(C(=O)N2CCCC2CC(C)O)cn1. The van der Waals surface area contributed by atoms with E-state index in [2.05, 4.69) is 4.98 Å². The molecule has 0 saturated carbocycles. The summed E-state index contributed by atoms with van der Waals surface area (Å²) in [5.74, 6) is 0.0308. The molecule has 0 aromatic carbocycles. The largest absolute Gasteiger partial charge is 0.393 e. The zero-order valence-electron chi connectivity index (χ0n) is 11.4. The van der Waals surface area contributed by atoms with Gasteiger partial charge in [0.15, 0.2) is 0 Å². The quantitative estimate of drug-likeness (QED) is 0.859. The van der Waals surface area contributed by atoms with Crippen LogP contribution in [0.4, 0.5) is 0 Å². The third-order valence-corrected chi connectivity index (χ3v) is 4.10. The molecule has 2 unspecified atom stereocenters. The summed E-state index contributed by atoms with van der Waals surface area (Å²) in [4.78, 5) is 18.6. The van der Waals surface area contributed by atoms with Gasteiger partial charge in [0.2, 0.25) is 0 Å². The van der Waals surface area contributed by atoms with E-state index in [9.17, 15) is 9.90 Å². The number of nitrogens with zero attached hydrogens (tertiary/aromatic N) is 2. The first-order valence-corrected chi connectivity index (χ1v) is 7.83. The lowest BCUT2D eigenvalue weighted by Gasteiger charge is -2.25. The normalized spacial score (nSPS) is 20.6. The summed E-state index contributed by atoms with van der Waals surface area (Å²) in [6.07, 6.45) is 5.89. The number of aromatic nitrogens is 1. The van der Waals surface area contributed by atoms with Crippen LogP contribution in [0.2, 0.25) is 0 Å². The molecule has 1 saturated heterocycles. The van der Waals surface area contributed by atoms with Gasteiger partial charge in [0.05, 0.1) is 16.7 Å². The number of amides is 1. The number of thioether (sulfide) groups is 1. The Morgan fingerprint density at radius 2 is 2.42 bits per heavy atom. The fraction of sp³-hybridized carbons (Fsp3) is 0.571. The molecule has 19 heavy (non-hydrogen) atoms. The molecule has 1 amide bonds. The first-order chi connectivity index (χ1) is 9.11. The molecule has 104 valence electrons. The van der Waals surface area contributed by atoms with E-state index in [1.807, 2.05) is 23.3 Å². The van der Waals surface area contributed by atoms with Crippen LogP contribution in [0.1, 0.15) is 36.5 Å². The average molecular weight is 280 g/mol. The topological polar surface area (TPSA) is 53.4 Å². The minimum atomic E-state index is -0.365. The predicted octanol–water partition coefficient (Wildman–Crippen LogP) is 2.18. The van der Waals surface area contributed by atoms with Gasteiger partial charge in [-0.25, -0.2) is 4.98 Å². The summed E-state index contributed by atoms with van der Waals surface area (Å²) in [5.41, 5.74) is 0.635. The number of rotatable bonds is 4. The Bertz CT molecular complexity index is 434. The van der Waals surface area contributed by atoms with E-state index >= 15 is 0 Å². The molecule has 0 radical (unpaired) electrons. The second-order valence-corrected chi connectivity index (χ2v) is 5.80. The van der Waals surface area contributed by atoms with Crippen LogP contribution < -0.4 is 0 Å². The van der Waals surface area contributed by atoms with Gasteiger partial charge in [-0.15, -0.1) is 11.8 Å². The van der Waals surface area contributed by atoms with E-state index in [0.717, 1.165) is 24.4 Å². The number of carbonyl (C=O) groups is 1. The summed E-state index contributed by atoms with van der Waals surface area (Å²) in [5, 5.41) is 10.4. The average Bonchev–Trinajstić information content (AvgIpc) is 2.85. The van der Waals surface area contributed by atoms with Gasteiger partial charge >= 0.3 is 0 Å². The van der Waals surface area contributed by atoms with Crippen LogP contribution in [0.25, 0.3) is 0 Å². The maximum atomic E-state index is 12.4. The van der Waals surface area contributed by atoms with Gasteiger partial charge in [0, 0.05) is 18.8 Å². The van der Waals surface area contributed by atoms with Gasteiger partial charge < -0.3 is 10.0 Å². The highest BCUT2D eigenvalue weighted by atomic mass is 32.2. The lowest BCUT2D eigenvalue weighted by atomic mass is 10.1. The molecule has 1 aromatic heterocycles. The molecule has 0 bridgehead atoms. The maximum Gasteiger partial charge on any atom is 0.255 e. The maximum absolute atomic E-state index is 12.4. The second kappa shape index (κ2) is 6.39. The van der Waals surface area contributed by atoms with E-state index in [0.29, 0.717) is 12.0 Å². The predicted molar refractivity (Wildman–Crippen MR) is 76.4 cm³/mol. The van der Waals surface area contributed by atoms with Crippen molar-refractivity contribution in [3.8, 4) is 0 Å². The van der Waals surface area contributed by atoms with Crippen LogP contribution in [-0.2, 0) is 0 Å². The molecule has 1 N–H and O–H groups in total. The molecule has 0 aliphatic carbocycles. The number of hydrogen-bond donors (Lipinski definition) is 1. The first kappa shape index (κ1) is 14.3. The molecule has 2 heterocycles. The van der Waals surface area contributed by atoms with E-state index in [1.54, 1.807) is 24.9 Å². The summed E-state index contributed by atoms with van der Waals surface area (Å²) >= 11 is 1.56. The van der Waals surface area contributed by atoms with Crippen molar-refractivity contribution in [2.24, 2.45) is 0 Å². The van der Waals surface area contributed by atoms with Crippen molar-refractivity contribution in [2.75, 3.05) is 12.8 Å². The van der Waals surface area contributed by atoms with Crippen LogP contribution in [-0.4, -0.2) is 45.8 Å². The Morgan fingerprint density at radius 3 is 3.00 bits per heavy atom. The lowest BCUT2D eigenvalue weighted by molar-refractivity contribution is 0.0681. The molecule has 1 aliphatic rings. The highest BCUT2D eigenvalue weighted by Crippen LogP contribution is 2.24. The summed E-state index contributed by atoms with van der Waals surface area (Å²) in [6.45, 7) is 2.55. The van der Waals surface area contributed by atoms with Crippen LogP contribution in [0.15, 0.2) is 23.4 Å². The minimum absolute atomic E-state index is 0.0308. The highest BCUT2D eigenvalue weighted by Gasteiger charge is 2.30. The molecule has 2 rings (SSSR count). The number of hydrogen-bond acceptors (Lipinski definition) is 4. The van der Waals surface area contributed by atoms with Gasteiger partial charge in [-0.05, 0) is 44.6 Å².